The number of pyridine rings is 1. The lowest BCUT2D eigenvalue weighted by Gasteiger charge is -2.37. The molecule has 190 valence electrons. The van der Waals surface area contributed by atoms with Crippen molar-refractivity contribution in [2.75, 3.05) is 43.1 Å². The number of carbonyl (C=O) groups is 1. The third kappa shape index (κ3) is 4.73. The molecule has 0 radical (unpaired) electrons. The van der Waals surface area contributed by atoms with Crippen molar-refractivity contribution in [2.24, 2.45) is 0 Å². The summed E-state index contributed by atoms with van der Waals surface area (Å²) in [5, 5.41) is 6.36. The van der Waals surface area contributed by atoms with Crippen LogP contribution >= 0.6 is 0 Å². The van der Waals surface area contributed by atoms with Gasteiger partial charge < -0.3 is 19.9 Å². The third-order valence-electron chi connectivity index (χ3n) is 7.31. The molecule has 38 heavy (non-hydrogen) atoms. The predicted octanol–water partition coefficient (Wildman–Crippen LogP) is 5.65. The number of ether oxygens (including phenoxy) is 1. The molecule has 1 N–H and O–H groups in total. The minimum absolute atomic E-state index is 0.0883. The predicted molar refractivity (Wildman–Crippen MR) is 154 cm³/mol. The van der Waals surface area contributed by atoms with E-state index in [2.05, 4.69) is 51.5 Å². The van der Waals surface area contributed by atoms with Crippen LogP contribution in [0.25, 0.3) is 21.7 Å². The van der Waals surface area contributed by atoms with Crippen molar-refractivity contribution in [1.82, 2.24) is 10.3 Å². The van der Waals surface area contributed by atoms with Gasteiger partial charge in [0.1, 0.15) is 11.6 Å². The van der Waals surface area contributed by atoms with Crippen molar-refractivity contribution in [2.45, 2.75) is 6.54 Å². The number of hydrogen-bond donors (Lipinski definition) is 1. The Kier molecular flexibility index (Phi) is 6.53. The standard InChI is InChI=1S/C32H30N4O2/c1-38-26-15-13-25(14-16-26)35-17-19-36(20-18-35)31-21-29(28-11-4-5-12-30(28)34-31)32(37)33-22-24-9-6-8-23-7-2-3-10-27(23)24/h2-16,21H,17-20,22H2,1H3,(H,33,37). The molecular formula is C32H30N4O2. The number of para-hydroxylation sites is 1. The third-order valence-corrected chi connectivity index (χ3v) is 7.31. The Hall–Kier alpha value is -4.58. The Labute approximate surface area is 222 Å². The van der Waals surface area contributed by atoms with E-state index in [-0.39, 0.29) is 5.91 Å². The lowest BCUT2D eigenvalue weighted by molar-refractivity contribution is 0.0952. The number of aromatic nitrogens is 1. The monoisotopic (exact) mass is 502 g/mol. The molecule has 1 aliphatic rings. The first-order chi connectivity index (χ1) is 18.7. The van der Waals surface area contributed by atoms with Crippen LogP contribution in [-0.2, 0) is 6.54 Å². The van der Waals surface area contributed by atoms with Crippen LogP contribution in [-0.4, -0.2) is 44.2 Å². The van der Waals surface area contributed by atoms with Gasteiger partial charge >= 0.3 is 0 Å². The smallest absolute Gasteiger partial charge is 0.252 e. The maximum Gasteiger partial charge on any atom is 0.252 e. The average Bonchev–Trinajstić information content (AvgIpc) is 2.99. The summed E-state index contributed by atoms with van der Waals surface area (Å²) in [4.78, 5) is 23.1. The van der Waals surface area contributed by atoms with E-state index in [0.29, 0.717) is 12.1 Å². The topological polar surface area (TPSA) is 57.7 Å². The zero-order chi connectivity index (χ0) is 25.9. The van der Waals surface area contributed by atoms with Crippen LogP contribution < -0.4 is 19.9 Å². The highest BCUT2D eigenvalue weighted by Gasteiger charge is 2.21. The van der Waals surface area contributed by atoms with E-state index in [0.717, 1.165) is 59.6 Å². The van der Waals surface area contributed by atoms with Crippen molar-refractivity contribution in [3.63, 3.8) is 0 Å². The van der Waals surface area contributed by atoms with Gasteiger partial charge in [0.2, 0.25) is 0 Å². The molecule has 6 nitrogen and oxygen atoms in total. The summed E-state index contributed by atoms with van der Waals surface area (Å²) >= 11 is 0. The highest BCUT2D eigenvalue weighted by Crippen LogP contribution is 2.26. The number of nitrogens with zero attached hydrogens (tertiary/aromatic N) is 3. The van der Waals surface area contributed by atoms with Gasteiger partial charge in [0.15, 0.2) is 0 Å². The summed E-state index contributed by atoms with van der Waals surface area (Å²) in [5.74, 6) is 1.61. The largest absolute Gasteiger partial charge is 0.497 e. The molecule has 0 unspecified atom stereocenters. The highest BCUT2D eigenvalue weighted by atomic mass is 16.5. The van der Waals surface area contributed by atoms with E-state index in [1.807, 2.05) is 60.7 Å². The van der Waals surface area contributed by atoms with Crippen molar-refractivity contribution < 1.29 is 9.53 Å². The van der Waals surface area contributed by atoms with Crippen LogP contribution in [0.3, 0.4) is 0 Å². The van der Waals surface area contributed by atoms with Gasteiger partial charge in [-0.05, 0) is 52.7 Å². The number of anilines is 2. The van der Waals surface area contributed by atoms with Gasteiger partial charge in [-0.2, -0.15) is 0 Å². The lowest BCUT2D eigenvalue weighted by Crippen LogP contribution is -2.46. The van der Waals surface area contributed by atoms with Gasteiger partial charge in [-0.1, -0.05) is 60.7 Å². The summed E-state index contributed by atoms with van der Waals surface area (Å²) in [6.07, 6.45) is 0. The second-order valence-electron chi connectivity index (χ2n) is 9.54. The Balaban J connectivity index is 1.22. The van der Waals surface area contributed by atoms with E-state index < -0.39 is 0 Å². The van der Waals surface area contributed by atoms with E-state index >= 15 is 0 Å². The number of fused-ring (bicyclic) bond motifs is 2. The van der Waals surface area contributed by atoms with Crippen LogP contribution in [0.4, 0.5) is 11.5 Å². The first-order valence-electron chi connectivity index (χ1n) is 13.0. The molecule has 2 heterocycles. The summed E-state index contributed by atoms with van der Waals surface area (Å²) in [5.41, 5.74) is 3.77. The van der Waals surface area contributed by atoms with Gasteiger partial charge in [0, 0.05) is 43.8 Å². The zero-order valence-corrected chi connectivity index (χ0v) is 21.4. The Morgan fingerprint density at radius 3 is 2.29 bits per heavy atom. The normalized spacial score (nSPS) is 13.6. The molecule has 1 saturated heterocycles. The second kappa shape index (κ2) is 10.4. The fourth-order valence-electron chi connectivity index (χ4n) is 5.22. The molecule has 5 aromatic rings. The van der Waals surface area contributed by atoms with Crippen molar-refractivity contribution in [1.29, 1.82) is 0 Å². The van der Waals surface area contributed by atoms with Gasteiger partial charge in [-0.15, -0.1) is 0 Å². The first-order valence-corrected chi connectivity index (χ1v) is 13.0. The molecule has 0 spiro atoms. The van der Waals surface area contributed by atoms with Crippen LogP contribution in [0.5, 0.6) is 5.75 Å². The Bertz CT molecular complexity index is 1590. The molecule has 6 heteroatoms. The number of carbonyl (C=O) groups excluding carboxylic acids is 1. The van der Waals surface area contributed by atoms with Crippen LogP contribution in [0.15, 0.2) is 97.1 Å². The number of amides is 1. The van der Waals surface area contributed by atoms with E-state index in [1.54, 1.807) is 7.11 Å². The van der Waals surface area contributed by atoms with E-state index in [9.17, 15) is 4.79 Å². The number of piperazine rings is 1. The van der Waals surface area contributed by atoms with E-state index in [4.69, 9.17) is 9.72 Å². The van der Waals surface area contributed by atoms with Gasteiger partial charge in [0.25, 0.3) is 5.91 Å². The molecule has 4 aromatic carbocycles. The minimum atomic E-state index is -0.0883. The fraction of sp³-hybridized carbons (Fsp3) is 0.188. The minimum Gasteiger partial charge on any atom is -0.497 e. The van der Waals surface area contributed by atoms with Crippen molar-refractivity contribution in [3.8, 4) is 5.75 Å². The molecule has 0 bridgehead atoms. The number of hydrogen-bond acceptors (Lipinski definition) is 5. The average molecular weight is 503 g/mol. The molecule has 1 aromatic heterocycles. The molecule has 0 atom stereocenters. The number of methoxy groups -OCH3 is 1. The Morgan fingerprint density at radius 2 is 1.50 bits per heavy atom. The molecule has 0 saturated carbocycles. The summed E-state index contributed by atoms with van der Waals surface area (Å²) in [6.45, 7) is 3.88. The van der Waals surface area contributed by atoms with Crippen LogP contribution in [0.1, 0.15) is 15.9 Å². The molecule has 0 aliphatic carbocycles. The molecule has 1 amide bonds. The van der Waals surface area contributed by atoms with Crippen molar-refractivity contribution in [3.05, 3.63) is 108 Å². The number of nitrogens with one attached hydrogen (secondary N) is 1. The SMILES string of the molecule is COc1ccc(N2CCN(c3cc(C(=O)NCc4cccc5ccccc45)c4ccccc4n3)CC2)cc1. The van der Waals surface area contributed by atoms with E-state index in [1.165, 1.54) is 11.1 Å². The summed E-state index contributed by atoms with van der Waals surface area (Å²) in [7, 11) is 1.68. The zero-order valence-electron chi connectivity index (χ0n) is 21.4. The number of rotatable bonds is 6. The second-order valence-corrected chi connectivity index (χ2v) is 9.54. The molecular weight excluding hydrogens is 472 g/mol. The van der Waals surface area contributed by atoms with Crippen molar-refractivity contribution >= 4 is 39.1 Å². The molecule has 1 aliphatic heterocycles. The molecule has 6 rings (SSSR count). The first kappa shape index (κ1) is 23.8. The van der Waals surface area contributed by atoms with Crippen LogP contribution in [0.2, 0.25) is 0 Å². The van der Waals surface area contributed by atoms with Gasteiger partial charge in [-0.3, -0.25) is 4.79 Å². The molecule has 1 fully saturated rings. The summed E-state index contributed by atoms with van der Waals surface area (Å²) in [6, 6.07) is 32.5. The highest BCUT2D eigenvalue weighted by molar-refractivity contribution is 6.07. The van der Waals surface area contributed by atoms with Gasteiger partial charge in [-0.25, -0.2) is 4.98 Å². The lowest BCUT2D eigenvalue weighted by atomic mass is 10.0. The maximum atomic E-state index is 13.5. The quantitative estimate of drug-likeness (QED) is 0.325. The fourth-order valence-corrected chi connectivity index (χ4v) is 5.22. The maximum absolute atomic E-state index is 13.5. The Morgan fingerprint density at radius 1 is 0.816 bits per heavy atom. The summed E-state index contributed by atoms with van der Waals surface area (Å²) < 4.78 is 5.29. The number of benzene rings is 4. The van der Waals surface area contributed by atoms with Gasteiger partial charge in [0.05, 0.1) is 18.2 Å². The van der Waals surface area contributed by atoms with Crippen LogP contribution in [0, 0.1) is 0 Å².